The van der Waals surface area contributed by atoms with Crippen LogP contribution in [0.2, 0.25) is 0 Å². The molecule has 3 N–H and O–H groups in total. The Morgan fingerprint density at radius 1 is 1.16 bits per heavy atom. The van der Waals surface area contributed by atoms with Gasteiger partial charge in [-0.25, -0.2) is 18.7 Å². The lowest BCUT2D eigenvalue weighted by Gasteiger charge is -2.32. The Bertz CT molecular complexity index is 1320. The van der Waals surface area contributed by atoms with Crippen LogP contribution in [0.4, 0.5) is 8.78 Å². The van der Waals surface area contributed by atoms with Crippen molar-refractivity contribution in [2.24, 2.45) is 5.92 Å². The minimum Gasteiger partial charge on any atom is -0.493 e. The van der Waals surface area contributed by atoms with Crippen molar-refractivity contribution in [2.45, 2.75) is 70.6 Å². The van der Waals surface area contributed by atoms with E-state index in [-0.39, 0.29) is 24.3 Å². The normalized spacial score (nSPS) is 21.6. The molecule has 196 valence electrons. The zero-order chi connectivity index (χ0) is 26.1. The summed E-state index contributed by atoms with van der Waals surface area (Å²) in [6.07, 6.45) is 3.77. The molecule has 2 amide bonds. The fourth-order valence-corrected chi connectivity index (χ4v) is 4.88. The van der Waals surface area contributed by atoms with Crippen LogP contribution in [-0.2, 0) is 4.79 Å². The van der Waals surface area contributed by atoms with Crippen molar-refractivity contribution in [1.82, 2.24) is 25.6 Å². The van der Waals surface area contributed by atoms with Gasteiger partial charge in [-0.1, -0.05) is 6.92 Å². The highest BCUT2D eigenvalue weighted by Crippen LogP contribution is 2.37. The van der Waals surface area contributed by atoms with Gasteiger partial charge in [-0.3, -0.25) is 9.59 Å². The van der Waals surface area contributed by atoms with Gasteiger partial charge in [-0.15, -0.1) is 0 Å². The molecule has 10 heteroatoms. The van der Waals surface area contributed by atoms with Crippen LogP contribution in [0.15, 0.2) is 24.5 Å². The number of benzene rings is 1. The van der Waals surface area contributed by atoms with Crippen molar-refractivity contribution < 1.29 is 23.1 Å². The Hall–Kier alpha value is -3.56. The molecule has 2 aliphatic carbocycles. The van der Waals surface area contributed by atoms with Gasteiger partial charge < -0.3 is 20.4 Å². The van der Waals surface area contributed by atoms with Crippen LogP contribution in [0.5, 0.6) is 5.75 Å². The van der Waals surface area contributed by atoms with Crippen LogP contribution in [0.3, 0.4) is 0 Å². The van der Waals surface area contributed by atoms with E-state index in [1.54, 1.807) is 19.9 Å². The van der Waals surface area contributed by atoms with Crippen molar-refractivity contribution in [2.75, 3.05) is 6.61 Å². The van der Waals surface area contributed by atoms with Gasteiger partial charge in [-0.05, 0) is 56.7 Å². The lowest BCUT2D eigenvalue weighted by molar-refractivity contribution is -0.122. The summed E-state index contributed by atoms with van der Waals surface area (Å²) in [7, 11) is 0. The summed E-state index contributed by atoms with van der Waals surface area (Å²) in [5, 5.41) is 5.65. The van der Waals surface area contributed by atoms with Crippen molar-refractivity contribution in [1.29, 1.82) is 0 Å². The molecule has 2 aliphatic rings. The van der Waals surface area contributed by atoms with Crippen LogP contribution >= 0.6 is 0 Å². The molecule has 0 spiro atoms. The van der Waals surface area contributed by atoms with Gasteiger partial charge in [0.25, 0.3) is 5.91 Å². The maximum Gasteiger partial charge on any atom is 0.255 e. The van der Waals surface area contributed by atoms with Crippen molar-refractivity contribution in [3.63, 3.8) is 0 Å². The highest BCUT2D eigenvalue weighted by molar-refractivity contribution is 6.09. The lowest BCUT2D eigenvalue weighted by atomic mass is 9.89. The van der Waals surface area contributed by atoms with Crippen molar-refractivity contribution in [3.05, 3.63) is 41.6 Å². The van der Waals surface area contributed by atoms with E-state index in [0.717, 1.165) is 12.8 Å². The first-order valence-electron chi connectivity index (χ1n) is 12.8. The van der Waals surface area contributed by atoms with E-state index in [2.05, 4.69) is 25.6 Å². The van der Waals surface area contributed by atoms with Crippen molar-refractivity contribution >= 4 is 22.8 Å². The number of amides is 2. The van der Waals surface area contributed by atoms with Crippen LogP contribution in [0.1, 0.15) is 61.5 Å². The van der Waals surface area contributed by atoms with Gasteiger partial charge in [0.1, 0.15) is 35.3 Å². The molecular weight excluding hydrogens is 480 g/mol. The van der Waals surface area contributed by atoms with Gasteiger partial charge in [0.2, 0.25) is 5.91 Å². The van der Waals surface area contributed by atoms with Gasteiger partial charge in [0.05, 0.1) is 23.7 Å². The first-order chi connectivity index (χ1) is 17.8. The van der Waals surface area contributed by atoms with Gasteiger partial charge in [0.15, 0.2) is 0 Å². The summed E-state index contributed by atoms with van der Waals surface area (Å²) in [5.41, 5.74) is 2.74. The molecule has 3 aromatic rings. The first-order valence-corrected chi connectivity index (χ1v) is 12.8. The zero-order valence-corrected chi connectivity index (χ0v) is 20.9. The fourth-order valence-electron chi connectivity index (χ4n) is 4.88. The van der Waals surface area contributed by atoms with E-state index in [1.165, 1.54) is 18.5 Å². The summed E-state index contributed by atoms with van der Waals surface area (Å²) in [4.78, 5) is 36.9. The summed E-state index contributed by atoms with van der Waals surface area (Å²) >= 11 is 0. The number of hydrogen-bond donors (Lipinski definition) is 3. The molecule has 37 heavy (non-hydrogen) atoms. The summed E-state index contributed by atoms with van der Waals surface area (Å²) in [6.45, 7) is 4.04. The standard InChI is InChI=1S/C27H31F2N5O3/c1-3-22(35)34-20-8-7-17(11-19(20)29)33-27(36)23-14(2)32-26-24(30-13-31-25(23)26)18-10-16(28)6-9-21(18)37-12-15-4-5-15/h6,9-10,13,15,17,19-20,32H,3-5,7-8,11-12H2,1-2H3,(H,33,36)(H,34,35)/t17-,19-,20+/m1/s1. The molecule has 2 heterocycles. The number of nitrogens with zero attached hydrogens (tertiary/aromatic N) is 2. The number of hydrogen-bond acceptors (Lipinski definition) is 5. The monoisotopic (exact) mass is 511 g/mol. The zero-order valence-electron chi connectivity index (χ0n) is 20.9. The highest BCUT2D eigenvalue weighted by Gasteiger charge is 2.33. The number of H-pyrrole nitrogens is 1. The number of halogens is 2. The first kappa shape index (κ1) is 25.1. The molecule has 0 aliphatic heterocycles. The molecule has 0 radical (unpaired) electrons. The molecule has 8 nitrogen and oxygen atoms in total. The van der Waals surface area contributed by atoms with Crippen LogP contribution < -0.4 is 15.4 Å². The molecule has 2 fully saturated rings. The second kappa shape index (κ2) is 10.4. The second-order valence-corrected chi connectivity index (χ2v) is 9.99. The van der Waals surface area contributed by atoms with Crippen LogP contribution in [-0.4, -0.2) is 51.6 Å². The molecule has 0 unspecified atom stereocenters. The maximum atomic E-state index is 14.7. The number of ether oxygens (including phenoxy) is 1. The Labute approximate surface area is 213 Å². The molecule has 2 saturated carbocycles. The van der Waals surface area contributed by atoms with Crippen molar-refractivity contribution in [3.8, 4) is 17.0 Å². The van der Waals surface area contributed by atoms with Crippen LogP contribution in [0, 0.1) is 18.7 Å². The highest BCUT2D eigenvalue weighted by atomic mass is 19.1. The van der Waals surface area contributed by atoms with E-state index >= 15 is 0 Å². The number of nitrogens with one attached hydrogen (secondary N) is 3. The smallest absolute Gasteiger partial charge is 0.255 e. The minimum absolute atomic E-state index is 0.118. The predicted octanol–water partition coefficient (Wildman–Crippen LogP) is 4.38. The number of alkyl halides is 1. The molecule has 3 atom stereocenters. The largest absolute Gasteiger partial charge is 0.493 e. The van der Waals surface area contributed by atoms with Gasteiger partial charge in [0, 0.05) is 30.1 Å². The van der Waals surface area contributed by atoms with Gasteiger partial charge in [-0.2, -0.15) is 0 Å². The SMILES string of the molecule is CCC(=O)N[C@H]1CC[C@@H](NC(=O)c2c(C)[nH]c3c(-c4cc(F)ccc4OCC4CC4)ncnc23)C[C@H]1F. The average Bonchev–Trinajstić information content (AvgIpc) is 3.64. The number of carbonyl (C=O) groups excluding carboxylic acids is 2. The fraction of sp³-hybridized carbons (Fsp3) is 0.481. The summed E-state index contributed by atoms with van der Waals surface area (Å²) in [6, 6.07) is 3.42. The van der Waals surface area contributed by atoms with E-state index < -0.39 is 18.0 Å². The number of aryl methyl sites for hydroxylation is 1. The summed E-state index contributed by atoms with van der Waals surface area (Å²) in [5.74, 6) is 0.0690. The Kier molecular flexibility index (Phi) is 7.08. The third kappa shape index (κ3) is 5.42. The molecule has 0 saturated heterocycles. The summed E-state index contributed by atoms with van der Waals surface area (Å²) < 4.78 is 34.9. The molecule has 2 aromatic heterocycles. The molecule has 0 bridgehead atoms. The lowest BCUT2D eigenvalue weighted by Crippen LogP contribution is -2.49. The maximum absolute atomic E-state index is 14.7. The van der Waals surface area contributed by atoms with E-state index in [9.17, 15) is 18.4 Å². The third-order valence-corrected chi connectivity index (χ3v) is 7.14. The number of carbonyl (C=O) groups is 2. The Balaban J connectivity index is 1.38. The Morgan fingerprint density at radius 2 is 1.97 bits per heavy atom. The number of fused-ring (bicyclic) bond motifs is 1. The molecule has 5 rings (SSSR count). The van der Waals surface area contributed by atoms with E-state index in [1.807, 2.05) is 0 Å². The number of aromatic amines is 1. The second-order valence-electron chi connectivity index (χ2n) is 9.99. The molecule has 1 aromatic carbocycles. The number of rotatable bonds is 8. The minimum atomic E-state index is -1.24. The third-order valence-electron chi connectivity index (χ3n) is 7.14. The topological polar surface area (TPSA) is 109 Å². The average molecular weight is 512 g/mol. The van der Waals surface area contributed by atoms with E-state index in [4.69, 9.17) is 4.74 Å². The van der Waals surface area contributed by atoms with E-state index in [0.29, 0.717) is 71.1 Å². The quantitative estimate of drug-likeness (QED) is 0.416. The number of aromatic nitrogens is 3. The van der Waals surface area contributed by atoms with Crippen LogP contribution in [0.25, 0.3) is 22.3 Å². The van der Waals surface area contributed by atoms with Gasteiger partial charge >= 0.3 is 0 Å². The Morgan fingerprint density at radius 3 is 2.70 bits per heavy atom. The predicted molar refractivity (Wildman–Crippen MR) is 134 cm³/mol. The molecular formula is C27H31F2N5O3.